The highest BCUT2D eigenvalue weighted by Crippen LogP contribution is 2.06. The average Bonchev–Trinajstić information content (AvgIpc) is 1.84. The van der Waals surface area contributed by atoms with Gasteiger partial charge in [0.05, 0.1) is 6.10 Å². The summed E-state index contributed by atoms with van der Waals surface area (Å²) < 4.78 is 5.39. The monoisotopic (exact) mass is 152 g/mol. The zero-order valence-electron chi connectivity index (χ0n) is 7.55. The van der Waals surface area contributed by atoms with Gasteiger partial charge in [-0.15, -0.1) is 0 Å². The van der Waals surface area contributed by atoms with Crippen molar-refractivity contribution in [2.75, 3.05) is 0 Å². The maximum atomic E-state index is 5.39. The van der Waals surface area contributed by atoms with Gasteiger partial charge in [0.25, 0.3) is 0 Å². The van der Waals surface area contributed by atoms with Crippen molar-refractivity contribution in [2.45, 2.75) is 26.9 Å². The summed E-state index contributed by atoms with van der Waals surface area (Å²) in [7, 11) is 0. The van der Waals surface area contributed by atoms with E-state index >= 15 is 0 Å². The second-order valence-electron chi connectivity index (χ2n) is 2.76. The van der Waals surface area contributed by atoms with Crippen LogP contribution >= 0.6 is 0 Å². The summed E-state index contributed by atoms with van der Waals surface area (Å²) in [5.41, 5.74) is 0.973. The van der Waals surface area contributed by atoms with Crippen LogP contribution in [0.1, 0.15) is 20.8 Å². The van der Waals surface area contributed by atoms with E-state index in [1.807, 2.05) is 26.8 Å². The average molecular weight is 152 g/mol. The fourth-order valence-corrected chi connectivity index (χ4v) is 0.656. The lowest BCUT2D eigenvalue weighted by atomic mass is 10.3. The van der Waals surface area contributed by atoms with Crippen LogP contribution in [-0.2, 0) is 4.74 Å². The van der Waals surface area contributed by atoms with Crippen molar-refractivity contribution in [3.05, 3.63) is 36.6 Å². The lowest BCUT2D eigenvalue weighted by Crippen LogP contribution is -2.00. The summed E-state index contributed by atoms with van der Waals surface area (Å²) in [6, 6.07) is 0. The topological polar surface area (TPSA) is 9.23 Å². The molecule has 0 aromatic rings. The zero-order chi connectivity index (χ0) is 8.85. The van der Waals surface area contributed by atoms with Gasteiger partial charge < -0.3 is 4.74 Å². The molecule has 0 unspecified atom stereocenters. The largest absolute Gasteiger partial charge is 0.491 e. The van der Waals surface area contributed by atoms with Crippen molar-refractivity contribution in [2.24, 2.45) is 0 Å². The van der Waals surface area contributed by atoms with Gasteiger partial charge >= 0.3 is 0 Å². The number of allylic oxidation sites excluding steroid dienone is 3. The zero-order valence-corrected chi connectivity index (χ0v) is 7.55. The van der Waals surface area contributed by atoms with Gasteiger partial charge in [-0.3, -0.25) is 0 Å². The number of hydrogen-bond donors (Lipinski definition) is 0. The van der Waals surface area contributed by atoms with Crippen molar-refractivity contribution in [3.63, 3.8) is 0 Å². The highest BCUT2D eigenvalue weighted by molar-refractivity contribution is 5.21. The van der Waals surface area contributed by atoms with Gasteiger partial charge in [0.15, 0.2) is 0 Å². The Bertz CT molecular complexity index is 175. The van der Waals surface area contributed by atoms with Crippen LogP contribution in [0.3, 0.4) is 0 Å². The molecule has 0 aliphatic heterocycles. The Morgan fingerprint density at radius 2 is 2.00 bits per heavy atom. The van der Waals surface area contributed by atoms with Crippen LogP contribution in [0.4, 0.5) is 0 Å². The summed E-state index contributed by atoms with van der Waals surface area (Å²) in [4.78, 5) is 0. The molecule has 1 nitrogen and oxygen atoms in total. The Morgan fingerprint density at radius 1 is 1.45 bits per heavy atom. The fourth-order valence-electron chi connectivity index (χ4n) is 0.656. The summed E-state index contributed by atoms with van der Waals surface area (Å²) in [6.45, 7) is 13.3. The quantitative estimate of drug-likeness (QED) is 0.444. The van der Waals surface area contributed by atoms with E-state index in [9.17, 15) is 0 Å². The molecule has 0 heterocycles. The van der Waals surface area contributed by atoms with Crippen molar-refractivity contribution >= 4 is 0 Å². The normalized spacial score (nSPS) is 11.5. The molecule has 0 N–H and O–H groups in total. The molecule has 0 aromatic heterocycles. The first-order chi connectivity index (χ1) is 5.06. The van der Waals surface area contributed by atoms with E-state index in [0.29, 0.717) is 0 Å². The minimum absolute atomic E-state index is 0.193. The molecule has 0 amide bonds. The molecule has 0 aromatic carbocycles. The first-order valence-corrected chi connectivity index (χ1v) is 3.72. The van der Waals surface area contributed by atoms with Crippen LogP contribution in [-0.4, -0.2) is 6.10 Å². The van der Waals surface area contributed by atoms with Gasteiger partial charge in [0.2, 0.25) is 0 Å². The highest BCUT2D eigenvalue weighted by atomic mass is 16.5. The van der Waals surface area contributed by atoms with Gasteiger partial charge in [-0.2, -0.15) is 0 Å². The maximum Gasteiger partial charge on any atom is 0.119 e. The summed E-state index contributed by atoms with van der Waals surface area (Å²) in [5, 5.41) is 0. The molecule has 62 valence electrons. The van der Waals surface area contributed by atoms with E-state index in [-0.39, 0.29) is 6.10 Å². The van der Waals surface area contributed by atoms with E-state index < -0.39 is 0 Å². The molecule has 0 bridgehead atoms. The molecule has 0 radical (unpaired) electrons. The predicted molar refractivity (Wildman–Crippen MR) is 49.3 cm³/mol. The SMILES string of the molecule is C=C/C(=C\C(=C)C)OC(C)C. The molecule has 0 saturated heterocycles. The van der Waals surface area contributed by atoms with E-state index in [4.69, 9.17) is 4.74 Å². The number of ether oxygens (including phenoxy) is 1. The molecule has 0 saturated carbocycles. The number of rotatable bonds is 4. The Labute approximate surface area is 69.1 Å². The summed E-state index contributed by atoms with van der Waals surface area (Å²) in [5.74, 6) is 0.785. The minimum Gasteiger partial charge on any atom is -0.491 e. The molecule has 0 fully saturated rings. The van der Waals surface area contributed by atoms with Crippen molar-refractivity contribution < 1.29 is 4.74 Å². The molecule has 0 rings (SSSR count). The highest BCUT2D eigenvalue weighted by Gasteiger charge is 1.95. The smallest absolute Gasteiger partial charge is 0.119 e. The molecule has 0 spiro atoms. The van der Waals surface area contributed by atoms with E-state index in [2.05, 4.69) is 13.2 Å². The van der Waals surface area contributed by atoms with E-state index in [1.54, 1.807) is 6.08 Å². The van der Waals surface area contributed by atoms with Crippen LogP contribution in [0.15, 0.2) is 36.6 Å². The standard InChI is InChI=1S/C10H16O/c1-6-10(7-8(2)3)11-9(4)5/h6-7,9H,1-2H2,3-5H3/b10-7+. The van der Waals surface area contributed by atoms with Crippen molar-refractivity contribution in [1.29, 1.82) is 0 Å². The minimum atomic E-state index is 0.193. The Kier molecular flexibility index (Phi) is 4.35. The fraction of sp³-hybridized carbons (Fsp3) is 0.400. The maximum absolute atomic E-state index is 5.39. The lowest BCUT2D eigenvalue weighted by Gasteiger charge is -2.09. The number of hydrogen-bond acceptors (Lipinski definition) is 1. The van der Waals surface area contributed by atoms with Gasteiger partial charge in [0, 0.05) is 0 Å². The van der Waals surface area contributed by atoms with E-state index in [0.717, 1.165) is 11.3 Å². The van der Waals surface area contributed by atoms with Crippen molar-refractivity contribution in [1.82, 2.24) is 0 Å². The molecule has 11 heavy (non-hydrogen) atoms. The molecule has 1 heteroatoms. The Morgan fingerprint density at radius 3 is 2.27 bits per heavy atom. The van der Waals surface area contributed by atoms with Crippen LogP contribution in [0, 0.1) is 0 Å². The molecular formula is C10H16O. The van der Waals surface area contributed by atoms with Gasteiger partial charge in [0.1, 0.15) is 5.76 Å². The summed E-state index contributed by atoms with van der Waals surface area (Å²) in [6.07, 6.45) is 3.75. The third kappa shape index (κ3) is 5.46. The van der Waals surface area contributed by atoms with Crippen LogP contribution < -0.4 is 0 Å². The Balaban J connectivity index is 4.16. The predicted octanol–water partition coefficient (Wildman–Crippen LogP) is 3.06. The lowest BCUT2D eigenvalue weighted by molar-refractivity contribution is 0.158. The van der Waals surface area contributed by atoms with Gasteiger partial charge in [-0.25, -0.2) is 0 Å². The van der Waals surface area contributed by atoms with Crippen molar-refractivity contribution in [3.8, 4) is 0 Å². The summed E-state index contributed by atoms with van der Waals surface area (Å²) >= 11 is 0. The molecule has 0 aliphatic rings. The van der Waals surface area contributed by atoms with Gasteiger partial charge in [-0.05, 0) is 32.9 Å². The Hall–Kier alpha value is -0.980. The van der Waals surface area contributed by atoms with Crippen LogP contribution in [0.5, 0.6) is 0 Å². The molecule has 0 aliphatic carbocycles. The van der Waals surface area contributed by atoms with Gasteiger partial charge in [-0.1, -0.05) is 18.7 Å². The third-order valence-corrected chi connectivity index (χ3v) is 0.962. The first kappa shape index (κ1) is 10.0. The second-order valence-corrected chi connectivity index (χ2v) is 2.76. The van der Waals surface area contributed by atoms with E-state index in [1.165, 1.54) is 0 Å². The van der Waals surface area contributed by atoms with Crippen LogP contribution in [0.25, 0.3) is 0 Å². The third-order valence-electron chi connectivity index (χ3n) is 0.962. The van der Waals surface area contributed by atoms with Crippen LogP contribution in [0.2, 0.25) is 0 Å². The first-order valence-electron chi connectivity index (χ1n) is 3.72. The second kappa shape index (κ2) is 4.78. The molecule has 0 atom stereocenters. The molecular weight excluding hydrogens is 136 g/mol.